The van der Waals surface area contributed by atoms with Crippen LogP contribution in [0.5, 0.6) is 0 Å². The number of aromatic amines is 2. The maximum absolute atomic E-state index is 13.6. The first-order valence-corrected chi connectivity index (χ1v) is 13.8. The molecule has 3 amide bonds. The lowest BCUT2D eigenvalue weighted by molar-refractivity contribution is -0.142. The van der Waals surface area contributed by atoms with Gasteiger partial charge in [0.15, 0.2) is 5.96 Å². The molecule has 3 aromatic rings. The van der Waals surface area contributed by atoms with Gasteiger partial charge in [0.05, 0.1) is 12.4 Å². The average molecular weight is 601 g/mol. The van der Waals surface area contributed by atoms with Crippen LogP contribution in [-0.2, 0) is 32.0 Å². The normalized spacial score (nSPS) is 13.9. The predicted octanol–water partition coefficient (Wildman–Crippen LogP) is -1.47. The molecule has 4 atom stereocenters. The number of fused-ring (bicyclic) bond motifs is 1. The lowest BCUT2D eigenvalue weighted by Gasteiger charge is -2.25. The van der Waals surface area contributed by atoms with E-state index in [4.69, 9.17) is 17.2 Å². The van der Waals surface area contributed by atoms with E-state index in [2.05, 4.69) is 48.5 Å². The van der Waals surface area contributed by atoms with Gasteiger partial charge in [0, 0.05) is 54.1 Å². The molecule has 0 fully saturated rings. The summed E-state index contributed by atoms with van der Waals surface area (Å²) in [4.78, 5) is 65.3. The minimum absolute atomic E-state index is 0.0260. The third-order valence-electron chi connectivity index (χ3n) is 6.44. The fourth-order valence-corrected chi connectivity index (χ4v) is 4.39. The number of nitrogens with one attached hydrogen (secondary N) is 5. The molecule has 0 saturated heterocycles. The molecular formula is C26H36N10O5S. The Bertz CT molecular complexity index is 1390. The SMILES string of the molecule is NC(N)=NCCCC(NC(=O)C(Cc1cnc[nH]1)NC(=O)C(Cc1c[nH]c2ccccc12)NC(=O)C(N)CS)C(=O)O. The molecule has 0 spiro atoms. The number of carboxylic acids is 1. The van der Waals surface area contributed by atoms with Crippen molar-refractivity contribution in [3.8, 4) is 0 Å². The lowest BCUT2D eigenvalue weighted by atomic mass is 10.0. The van der Waals surface area contributed by atoms with Crippen molar-refractivity contribution in [1.82, 2.24) is 30.9 Å². The first-order valence-electron chi connectivity index (χ1n) is 13.2. The molecule has 0 aliphatic heterocycles. The van der Waals surface area contributed by atoms with Crippen molar-refractivity contribution in [2.45, 2.75) is 49.9 Å². The van der Waals surface area contributed by atoms with Crippen LogP contribution in [0.2, 0.25) is 0 Å². The molecule has 226 valence electrons. The number of aliphatic imine (C=N–C) groups is 1. The Balaban J connectivity index is 1.82. The Kier molecular flexibility index (Phi) is 11.7. The number of aliphatic carboxylic acids is 1. The van der Waals surface area contributed by atoms with E-state index in [-0.39, 0.29) is 43.9 Å². The van der Waals surface area contributed by atoms with E-state index in [1.54, 1.807) is 6.20 Å². The zero-order valence-corrected chi connectivity index (χ0v) is 23.6. The number of carbonyl (C=O) groups excluding carboxylic acids is 3. The molecule has 12 N–H and O–H groups in total. The van der Waals surface area contributed by atoms with Gasteiger partial charge in [0.25, 0.3) is 0 Å². The molecule has 2 heterocycles. The van der Waals surface area contributed by atoms with Gasteiger partial charge < -0.3 is 48.2 Å². The topological polar surface area (TPSA) is 259 Å². The number of guanidine groups is 1. The van der Waals surface area contributed by atoms with Crippen LogP contribution in [0.3, 0.4) is 0 Å². The summed E-state index contributed by atoms with van der Waals surface area (Å²) in [6, 6.07) is 2.92. The monoisotopic (exact) mass is 600 g/mol. The average Bonchev–Trinajstić information content (AvgIpc) is 3.63. The molecule has 2 aromatic heterocycles. The van der Waals surface area contributed by atoms with Crippen LogP contribution in [0.1, 0.15) is 24.1 Å². The van der Waals surface area contributed by atoms with Crippen molar-refractivity contribution in [2.75, 3.05) is 12.3 Å². The van der Waals surface area contributed by atoms with Crippen LogP contribution >= 0.6 is 12.6 Å². The molecule has 42 heavy (non-hydrogen) atoms. The van der Waals surface area contributed by atoms with Crippen LogP contribution in [0.4, 0.5) is 0 Å². The number of para-hydroxylation sites is 1. The number of imidazole rings is 1. The Labute approximate surface area is 246 Å². The van der Waals surface area contributed by atoms with E-state index < -0.39 is 47.9 Å². The van der Waals surface area contributed by atoms with Crippen molar-refractivity contribution in [3.05, 3.63) is 54.2 Å². The quantitative estimate of drug-likeness (QED) is 0.0397. The second-order valence-corrected chi connectivity index (χ2v) is 9.97. The summed E-state index contributed by atoms with van der Waals surface area (Å²) >= 11 is 4.07. The largest absolute Gasteiger partial charge is 0.480 e. The maximum atomic E-state index is 13.6. The van der Waals surface area contributed by atoms with E-state index in [1.807, 2.05) is 24.3 Å². The van der Waals surface area contributed by atoms with Crippen LogP contribution < -0.4 is 33.2 Å². The van der Waals surface area contributed by atoms with Crippen LogP contribution in [0.25, 0.3) is 10.9 Å². The van der Waals surface area contributed by atoms with E-state index in [1.165, 1.54) is 12.5 Å². The minimum Gasteiger partial charge on any atom is -0.480 e. The van der Waals surface area contributed by atoms with Crippen molar-refractivity contribution in [2.24, 2.45) is 22.2 Å². The maximum Gasteiger partial charge on any atom is 0.326 e. The fraction of sp³-hybridized carbons (Fsp3) is 0.385. The number of hydrogen-bond acceptors (Lipinski definition) is 8. The smallest absolute Gasteiger partial charge is 0.326 e. The number of nitrogens with zero attached hydrogens (tertiary/aromatic N) is 2. The highest BCUT2D eigenvalue weighted by Gasteiger charge is 2.31. The van der Waals surface area contributed by atoms with Gasteiger partial charge in [-0.05, 0) is 24.5 Å². The van der Waals surface area contributed by atoms with Gasteiger partial charge in [-0.1, -0.05) is 18.2 Å². The van der Waals surface area contributed by atoms with E-state index in [0.29, 0.717) is 5.69 Å². The third kappa shape index (κ3) is 9.24. The number of carboxylic acid groups (broad SMARTS) is 1. The summed E-state index contributed by atoms with van der Waals surface area (Å²) in [6.07, 6.45) is 5.02. The van der Waals surface area contributed by atoms with Crippen molar-refractivity contribution in [1.29, 1.82) is 0 Å². The zero-order chi connectivity index (χ0) is 30.6. The van der Waals surface area contributed by atoms with E-state index in [9.17, 15) is 24.3 Å². The summed E-state index contributed by atoms with van der Waals surface area (Å²) in [5, 5.41) is 18.3. The fourth-order valence-electron chi connectivity index (χ4n) is 4.22. The number of H-pyrrole nitrogens is 2. The van der Waals surface area contributed by atoms with E-state index in [0.717, 1.165) is 16.5 Å². The number of amides is 3. The van der Waals surface area contributed by atoms with E-state index >= 15 is 0 Å². The first-order chi connectivity index (χ1) is 20.1. The second-order valence-electron chi connectivity index (χ2n) is 9.60. The van der Waals surface area contributed by atoms with Gasteiger partial charge in [0.1, 0.15) is 18.1 Å². The Hall–Kier alpha value is -4.57. The molecule has 4 unspecified atom stereocenters. The van der Waals surface area contributed by atoms with Gasteiger partial charge in [-0.25, -0.2) is 9.78 Å². The van der Waals surface area contributed by atoms with Gasteiger partial charge in [-0.2, -0.15) is 12.6 Å². The molecule has 0 radical (unpaired) electrons. The number of thiol groups is 1. The molecule has 0 bridgehead atoms. The first kappa shape index (κ1) is 32.0. The molecule has 3 rings (SSSR count). The van der Waals surface area contributed by atoms with Gasteiger partial charge in [-0.3, -0.25) is 19.4 Å². The molecule has 16 heteroatoms. The molecule has 0 saturated carbocycles. The highest BCUT2D eigenvalue weighted by molar-refractivity contribution is 7.80. The summed E-state index contributed by atoms with van der Waals surface area (Å²) in [5.41, 5.74) is 18.6. The number of aromatic nitrogens is 3. The standard InChI is InChI=1S/C26H36N10O5S/c27-17(12-42)22(37)35-20(8-14-10-32-18-5-2-1-4-16(14)18)23(38)36-21(9-15-11-30-13-33-15)24(39)34-19(25(40)41)6-3-7-31-26(28)29/h1-2,4-5,10-11,13,17,19-21,32,42H,3,6-9,12,27H2,(H,30,33)(H,34,39)(H,35,37)(H,36,38)(H,40,41)(H4,28,29,31). The van der Waals surface area contributed by atoms with Crippen LogP contribution in [0, 0.1) is 0 Å². The number of carbonyl (C=O) groups is 4. The Morgan fingerprint density at radius 1 is 0.976 bits per heavy atom. The zero-order valence-electron chi connectivity index (χ0n) is 22.7. The minimum atomic E-state index is -1.26. The van der Waals surface area contributed by atoms with Crippen molar-refractivity contribution in [3.63, 3.8) is 0 Å². The third-order valence-corrected chi connectivity index (χ3v) is 6.83. The van der Waals surface area contributed by atoms with Gasteiger partial charge in [-0.15, -0.1) is 0 Å². The van der Waals surface area contributed by atoms with Gasteiger partial charge in [0.2, 0.25) is 17.7 Å². The summed E-state index contributed by atoms with van der Waals surface area (Å²) in [6.45, 7) is 0.180. The second kappa shape index (κ2) is 15.4. The van der Waals surface area contributed by atoms with Crippen molar-refractivity contribution < 1.29 is 24.3 Å². The molecule has 0 aliphatic carbocycles. The van der Waals surface area contributed by atoms with Crippen LogP contribution in [0.15, 0.2) is 48.0 Å². The van der Waals surface area contributed by atoms with Crippen molar-refractivity contribution >= 4 is 53.2 Å². The summed E-state index contributed by atoms with van der Waals surface area (Å²) < 4.78 is 0. The molecule has 0 aliphatic rings. The molecular weight excluding hydrogens is 564 g/mol. The number of nitrogens with two attached hydrogens (primary N) is 3. The molecule has 15 nitrogen and oxygen atoms in total. The highest BCUT2D eigenvalue weighted by atomic mass is 32.1. The number of benzene rings is 1. The Morgan fingerprint density at radius 3 is 2.29 bits per heavy atom. The van der Waals surface area contributed by atoms with Gasteiger partial charge >= 0.3 is 5.97 Å². The Morgan fingerprint density at radius 2 is 1.64 bits per heavy atom. The number of rotatable bonds is 16. The number of hydrogen-bond donors (Lipinski definition) is 10. The van der Waals surface area contributed by atoms with Crippen LogP contribution in [-0.4, -0.2) is 86.2 Å². The highest BCUT2D eigenvalue weighted by Crippen LogP contribution is 2.19. The summed E-state index contributed by atoms with van der Waals surface area (Å²) in [5.74, 6) is -3.33. The predicted molar refractivity (Wildman–Crippen MR) is 159 cm³/mol. The summed E-state index contributed by atoms with van der Waals surface area (Å²) in [7, 11) is 0. The molecule has 1 aromatic carbocycles. The lowest BCUT2D eigenvalue weighted by Crippen LogP contribution is -2.58.